The van der Waals surface area contributed by atoms with E-state index < -0.39 is 11.9 Å². The normalized spacial score (nSPS) is 11.8. The van der Waals surface area contributed by atoms with E-state index in [0.717, 1.165) is 10.7 Å². The van der Waals surface area contributed by atoms with Crippen LogP contribution < -0.4 is 5.73 Å². The van der Waals surface area contributed by atoms with Crippen LogP contribution in [0.4, 0.5) is 19.0 Å². The second-order valence-electron chi connectivity index (χ2n) is 3.34. The molecule has 90 valence electrons. The van der Waals surface area contributed by atoms with Gasteiger partial charge in [-0.05, 0) is 24.3 Å². The van der Waals surface area contributed by atoms with Crippen molar-refractivity contribution in [3.05, 3.63) is 41.0 Å². The van der Waals surface area contributed by atoms with Crippen molar-refractivity contribution in [1.82, 2.24) is 9.78 Å². The summed E-state index contributed by atoms with van der Waals surface area (Å²) in [5.41, 5.74) is 4.87. The Morgan fingerprint density at radius 3 is 2.24 bits per heavy atom. The summed E-state index contributed by atoms with van der Waals surface area (Å²) in [4.78, 5) is 0. The fourth-order valence-electron chi connectivity index (χ4n) is 1.32. The first-order valence-corrected chi connectivity index (χ1v) is 4.94. The monoisotopic (exact) mass is 261 g/mol. The first kappa shape index (κ1) is 11.8. The molecule has 1 heterocycles. The van der Waals surface area contributed by atoms with Crippen molar-refractivity contribution in [2.24, 2.45) is 0 Å². The molecule has 3 nitrogen and oxygen atoms in total. The van der Waals surface area contributed by atoms with E-state index in [1.54, 1.807) is 12.1 Å². The molecule has 0 aliphatic heterocycles. The van der Waals surface area contributed by atoms with E-state index in [-0.39, 0.29) is 5.82 Å². The fourth-order valence-corrected chi connectivity index (χ4v) is 1.45. The Morgan fingerprint density at radius 2 is 1.76 bits per heavy atom. The zero-order chi connectivity index (χ0) is 12.6. The summed E-state index contributed by atoms with van der Waals surface area (Å²) in [6.45, 7) is 0. The van der Waals surface area contributed by atoms with Crippen molar-refractivity contribution in [1.29, 1.82) is 0 Å². The van der Waals surface area contributed by atoms with Gasteiger partial charge >= 0.3 is 6.18 Å². The van der Waals surface area contributed by atoms with Gasteiger partial charge < -0.3 is 5.73 Å². The molecular weight excluding hydrogens is 255 g/mol. The van der Waals surface area contributed by atoms with Crippen LogP contribution in [0.3, 0.4) is 0 Å². The first-order valence-electron chi connectivity index (χ1n) is 4.56. The lowest BCUT2D eigenvalue weighted by Gasteiger charge is -2.04. The Kier molecular flexibility index (Phi) is 2.74. The highest BCUT2D eigenvalue weighted by Gasteiger charge is 2.34. The number of anilines is 1. The number of rotatable bonds is 1. The molecule has 0 radical (unpaired) electrons. The second kappa shape index (κ2) is 3.96. The summed E-state index contributed by atoms with van der Waals surface area (Å²) in [6.07, 6.45) is -4.51. The van der Waals surface area contributed by atoms with Crippen LogP contribution in [-0.4, -0.2) is 9.78 Å². The van der Waals surface area contributed by atoms with Crippen LogP contribution in [0.25, 0.3) is 5.69 Å². The van der Waals surface area contributed by atoms with Gasteiger partial charge in [-0.2, -0.15) is 18.3 Å². The van der Waals surface area contributed by atoms with Crippen molar-refractivity contribution in [2.75, 3.05) is 5.73 Å². The number of hydrogen-bond acceptors (Lipinski definition) is 2. The van der Waals surface area contributed by atoms with Crippen LogP contribution >= 0.6 is 11.6 Å². The van der Waals surface area contributed by atoms with Gasteiger partial charge in [0.1, 0.15) is 5.82 Å². The van der Waals surface area contributed by atoms with Crippen LogP contribution in [0, 0.1) is 0 Å². The minimum atomic E-state index is -4.51. The Hall–Kier alpha value is -1.69. The fraction of sp³-hybridized carbons (Fsp3) is 0.100. The zero-order valence-electron chi connectivity index (χ0n) is 8.37. The predicted molar refractivity (Wildman–Crippen MR) is 58.0 cm³/mol. The van der Waals surface area contributed by atoms with Crippen molar-refractivity contribution < 1.29 is 13.2 Å². The molecule has 0 spiro atoms. The van der Waals surface area contributed by atoms with Gasteiger partial charge in [-0.3, -0.25) is 0 Å². The molecule has 0 saturated carbocycles. The van der Waals surface area contributed by atoms with Crippen LogP contribution in [0.5, 0.6) is 0 Å². The molecule has 0 atom stereocenters. The Bertz CT molecular complexity index is 531. The molecule has 1 aromatic heterocycles. The molecule has 2 N–H and O–H groups in total. The van der Waals surface area contributed by atoms with Gasteiger partial charge in [-0.25, -0.2) is 4.68 Å². The molecule has 2 aromatic rings. The number of halogens is 4. The SMILES string of the molecule is Nc1cc(C(F)(F)F)nn1-c1ccc(Cl)cc1. The molecule has 0 aliphatic carbocycles. The number of nitrogens with two attached hydrogens (primary N) is 1. The van der Waals surface area contributed by atoms with E-state index in [9.17, 15) is 13.2 Å². The highest BCUT2D eigenvalue weighted by molar-refractivity contribution is 6.30. The van der Waals surface area contributed by atoms with Gasteiger partial charge in [0, 0.05) is 11.1 Å². The number of aromatic nitrogens is 2. The molecule has 0 bridgehead atoms. The van der Waals surface area contributed by atoms with Gasteiger partial charge in [0.05, 0.1) is 5.69 Å². The topological polar surface area (TPSA) is 43.8 Å². The molecular formula is C10H7ClF3N3. The quantitative estimate of drug-likeness (QED) is 0.857. The van der Waals surface area contributed by atoms with Crippen molar-refractivity contribution in [3.63, 3.8) is 0 Å². The maximum Gasteiger partial charge on any atom is 0.435 e. The first-order chi connectivity index (χ1) is 7.88. The number of hydrogen-bond donors (Lipinski definition) is 1. The molecule has 0 saturated heterocycles. The molecule has 0 unspecified atom stereocenters. The van der Waals surface area contributed by atoms with Gasteiger partial charge in [0.25, 0.3) is 0 Å². The minimum Gasteiger partial charge on any atom is -0.384 e. The van der Waals surface area contributed by atoms with Crippen LogP contribution in [0.2, 0.25) is 5.02 Å². The Labute approximate surface area is 99.6 Å². The Balaban J connectivity index is 2.46. The maximum atomic E-state index is 12.4. The molecule has 0 aliphatic rings. The number of nitrogens with zero attached hydrogens (tertiary/aromatic N) is 2. The summed E-state index contributed by atoms with van der Waals surface area (Å²) in [6, 6.07) is 6.95. The average molecular weight is 262 g/mol. The lowest BCUT2D eigenvalue weighted by atomic mass is 10.3. The van der Waals surface area contributed by atoms with Crippen LogP contribution in [0.15, 0.2) is 30.3 Å². The summed E-state index contributed by atoms with van der Waals surface area (Å²) in [7, 11) is 0. The van der Waals surface area contributed by atoms with Gasteiger partial charge in [-0.1, -0.05) is 11.6 Å². The summed E-state index contributed by atoms with van der Waals surface area (Å²) < 4.78 is 38.2. The van der Waals surface area contributed by atoms with Gasteiger partial charge in [0.2, 0.25) is 0 Å². The number of benzene rings is 1. The largest absolute Gasteiger partial charge is 0.435 e. The second-order valence-corrected chi connectivity index (χ2v) is 3.78. The van der Waals surface area contributed by atoms with Crippen LogP contribution in [0.1, 0.15) is 5.69 Å². The molecule has 1 aromatic carbocycles. The predicted octanol–water partition coefficient (Wildman–Crippen LogP) is 3.13. The van der Waals surface area contributed by atoms with E-state index in [0.29, 0.717) is 10.7 Å². The maximum absolute atomic E-state index is 12.4. The highest BCUT2D eigenvalue weighted by Crippen LogP contribution is 2.30. The molecule has 17 heavy (non-hydrogen) atoms. The Morgan fingerprint density at radius 1 is 1.18 bits per heavy atom. The smallest absolute Gasteiger partial charge is 0.384 e. The van der Waals surface area contributed by atoms with E-state index in [1.165, 1.54) is 12.1 Å². The third-order valence-electron chi connectivity index (χ3n) is 2.10. The minimum absolute atomic E-state index is 0.0837. The number of alkyl halides is 3. The molecule has 0 amide bonds. The summed E-state index contributed by atoms with van der Waals surface area (Å²) in [5, 5.41) is 3.89. The molecule has 7 heteroatoms. The van der Waals surface area contributed by atoms with E-state index >= 15 is 0 Å². The average Bonchev–Trinajstić information content (AvgIpc) is 2.61. The molecule has 0 fully saturated rings. The van der Waals surface area contributed by atoms with E-state index in [1.807, 2.05) is 0 Å². The van der Waals surface area contributed by atoms with Gasteiger partial charge in [0.15, 0.2) is 5.69 Å². The highest BCUT2D eigenvalue weighted by atomic mass is 35.5. The molecule has 2 rings (SSSR count). The van der Waals surface area contributed by atoms with Crippen molar-refractivity contribution >= 4 is 17.4 Å². The number of nitrogen functional groups attached to an aromatic ring is 1. The summed E-state index contributed by atoms with van der Waals surface area (Å²) in [5.74, 6) is -0.0837. The third kappa shape index (κ3) is 2.36. The lowest BCUT2D eigenvalue weighted by Crippen LogP contribution is -2.07. The van der Waals surface area contributed by atoms with Crippen molar-refractivity contribution in [3.8, 4) is 5.69 Å². The van der Waals surface area contributed by atoms with Gasteiger partial charge in [-0.15, -0.1) is 0 Å². The van der Waals surface area contributed by atoms with Crippen LogP contribution in [-0.2, 0) is 6.18 Å². The third-order valence-corrected chi connectivity index (χ3v) is 2.35. The van der Waals surface area contributed by atoms with Crippen molar-refractivity contribution in [2.45, 2.75) is 6.18 Å². The van der Waals surface area contributed by atoms with E-state index in [2.05, 4.69) is 5.10 Å². The van der Waals surface area contributed by atoms with E-state index in [4.69, 9.17) is 17.3 Å². The summed E-state index contributed by atoms with van der Waals surface area (Å²) >= 11 is 5.68. The zero-order valence-corrected chi connectivity index (χ0v) is 9.13. The lowest BCUT2D eigenvalue weighted by molar-refractivity contribution is -0.141. The standard InChI is InChI=1S/C10H7ClF3N3/c11-6-1-3-7(4-2-6)17-9(15)5-8(16-17)10(12,13)14/h1-5H,15H2.